The van der Waals surface area contributed by atoms with E-state index in [1.807, 2.05) is 0 Å². The molecular formula is C23H26F3N5O5S. The van der Waals surface area contributed by atoms with Gasteiger partial charge in [-0.25, -0.2) is 4.72 Å². The number of aromatic hydroxyl groups is 1. The van der Waals surface area contributed by atoms with Crippen molar-refractivity contribution in [2.45, 2.75) is 33.2 Å². The minimum absolute atomic E-state index is 0.00840. The molecule has 0 bridgehead atoms. The highest BCUT2D eigenvalue weighted by atomic mass is 32.2. The molecule has 3 rings (SSSR count). The number of benzene rings is 2. The fraction of sp³-hybridized carbons (Fsp3) is 0.348. The molecule has 0 saturated carbocycles. The van der Waals surface area contributed by atoms with Gasteiger partial charge in [-0.15, -0.1) is 17.6 Å². The number of nitrogens with zero attached hydrogens (tertiary/aromatic N) is 3. The van der Waals surface area contributed by atoms with Crippen LogP contribution >= 0.6 is 0 Å². The number of alkyl halides is 3. The average molecular weight is 542 g/mol. The molecule has 3 N–H and O–H groups in total. The van der Waals surface area contributed by atoms with Crippen LogP contribution in [0.4, 0.5) is 18.9 Å². The van der Waals surface area contributed by atoms with Gasteiger partial charge in [0.1, 0.15) is 5.75 Å². The van der Waals surface area contributed by atoms with Gasteiger partial charge in [0.15, 0.2) is 17.4 Å². The third kappa shape index (κ3) is 6.90. The molecule has 200 valence electrons. The summed E-state index contributed by atoms with van der Waals surface area (Å²) in [7, 11) is -1.20. The molecule has 2 aromatic carbocycles. The molecule has 1 aliphatic heterocycles. The van der Waals surface area contributed by atoms with E-state index in [4.69, 9.17) is 0 Å². The lowest BCUT2D eigenvalue weighted by atomic mass is 9.82. The van der Waals surface area contributed by atoms with E-state index >= 15 is 0 Å². The van der Waals surface area contributed by atoms with E-state index in [9.17, 15) is 31.5 Å². The second-order valence-electron chi connectivity index (χ2n) is 9.41. The zero-order valence-electron chi connectivity index (χ0n) is 20.6. The number of carbonyl (C=O) groups is 1. The van der Waals surface area contributed by atoms with Gasteiger partial charge in [0.05, 0.1) is 17.3 Å². The first-order valence-corrected chi connectivity index (χ1v) is 12.3. The quantitative estimate of drug-likeness (QED) is 0.493. The Kier molecular flexibility index (Phi) is 7.44. The highest BCUT2D eigenvalue weighted by Gasteiger charge is 2.34. The first kappa shape index (κ1) is 27.8. The van der Waals surface area contributed by atoms with Crippen molar-refractivity contribution in [1.82, 2.24) is 9.62 Å². The number of rotatable bonds is 5. The molecule has 0 spiro atoms. The van der Waals surface area contributed by atoms with Gasteiger partial charge in [-0.2, -0.15) is 8.42 Å². The average Bonchev–Trinajstić information content (AvgIpc) is 3.04. The van der Waals surface area contributed by atoms with Crippen molar-refractivity contribution in [3.63, 3.8) is 0 Å². The molecule has 0 aromatic heterocycles. The van der Waals surface area contributed by atoms with Crippen LogP contribution in [-0.2, 0) is 10.2 Å². The minimum Gasteiger partial charge on any atom is -0.505 e. The second-order valence-corrected chi connectivity index (χ2v) is 10.7. The molecule has 0 fully saturated rings. The molecule has 37 heavy (non-hydrogen) atoms. The Morgan fingerprint density at radius 1 is 1.16 bits per heavy atom. The molecule has 0 aliphatic carbocycles. The lowest BCUT2D eigenvalue weighted by Gasteiger charge is -2.28. The van der Waals surface area contributed by atoms with Crippen molar-refractivity contribution in [3.8, 4) is 11.5 Å². The summed E-state index contributed by atoms with van der Waals surface area (Å²) >= 11 is 0. The maximum Gasteiger partial charge on any atom is 0.573 e. The number of phenols is 1. The van der Waals surface area contributed by atoms with E-state index in [1.165, 1.54) is 49.3 Å². The number of nitrogens with one attached hydrogen (secondary N) is 2. The molecule has 1 amide bonds. The summed E-state index contributed by atoms with van der Waals surface area (Å²) in [6, 6.07) is 8.66. The highest BCUT2D eigenvalue weighted by molar-refractivity contribution is 7.89. The molecule has 14 heteroatoms. The molecule has 1 heterocycles. The van der Waals surface area contributed by atoms with E-state index in [1.54, 1.807) is 26.8 Å². The van der Waals surface area contributed by atoms with Gasteiger partial charge >= 0.3 is 16.6 Å². The summed E-state index contributed by atoms with van der Waals surface area (Å²) in [5, 5.41) is 13.3. The Bertz CT molecular complexity index is 1370. The number of phenolic OH excluding ortho intramolecular Hbond substituents is 1. The zero-order valence-corrected chi connectivity index (χ0v) is 21.4. The summed E-state index contributed by atoms with van der Waals surface area (Å²) in [6.07, 6.45) is -4.89. The van der Waals surface area contributed by atoms with Crippen molar-refractivity contribution in [2.24, 2.45) is 14.8 Å². The van der Waals surface area contributed by atoms with Gasteiger partial charge in [-0.05, 0) is 35.2 Å². The Hall–Kier alpha value is -3.81. The number of amides is 1. The SMILES string of the molecule is CN(C)C(=O)c1cccc(NC2=NS(=O)(=O)NC2=NC(c2cccc(OC(F)(F)F)c2)C(C)(C)C)c1O. The van der Waals surface area contributed by atoms with Crippen LogP contribution < -0.4 is 14.8 Å². The molecule has 0 saturated heterocycles. The van der Waals surface area contributed by atoms with E-state index in [2.05, 4.69) is 24.2 Å². The molecule has 10 nitrogen and oxygen atoms in total. The monoisotopic (exact) mass is 541 g/mol. The molecule has 1 atom stereocenters. The number of para-hydroxylation sites is 1. The van der Waals surface area contributed by atoms with Crippen LogP contribution in [0.1, 0.15) is 42.7 Å². The molecule has 2 aromatic rings. The van der Waals surface area contributed by atoms with Crippen LogP contribution in [0.15, 0.2) is 51.9 Å². The normalized spacial score (nSPS) is 17.1. The summed E-state index contributed by atoms with van der Waals surface area (Å²) < 4.78 is 72.6. The zero-order chi connectivity index (χ0) is 27.8. The smallest absolute Gasteiger partial charge is 0.505 e. The molecule has 1 unspecified atom stereocenters. The topological polar surface area (TPSA) is 133 Å². The predicted octanol–water partition coefficient (Wildman–Crippen LogP) is 3.84. The Morgan fingerprint density at radius 2 is 1.81 bits per heavy atom. The summed E-state index contributed by atoms with van der Waals surface area (Å²) in [5.74, 6) is -1.88. The van der Waals surface area contributed by atoms with Crippen molar-refractivity contribution in [1.29, 1.82) is 0 Å². The van der Waals surface area contributed by atoms with Gasteiger partial charge in [0.25, 0.3) is 5.91 Å². The number of hydrogen-bond donors (Lipinski definition) is 3. The van der Waals surface area contributed by atoms with E-state index in [0.717, 1.165) is 6.07 Å². The van der Waals surface area contributed by atoms with Gasteiger partial charge in [-0.3, -0.25) is 9.79 Å². The van der Waals surface area contributed by atoms with Crippen molar-refractivity contribution < 1.29 is 36.2 Å². The third-order valence-corrected chi connectivity index (χ3v) is 5.95. The summed E-state index contributed by atoms with van der Waals surface area (Å²) in [6.45, 7) is 5.32. The van der Waals surface area contributed by atoms with Crippen LogP contribution in [0.5, 0.6) is 11.5 Å². The van der Waals surface area contributed by atoms with E-state index in [0.29, 0.717) is 5.56 Å². The standard InChI is InChI=1S/C23H26F3N5O5S/c1-22(2,3)18(13-8-6-9-14(12-13)36-23(24,25)26)28-20-19(29-37(34,35)30-20)27-16-11-7-10-15(17(16)32)21(33)31(4)5/h6-12,18,32H,1-5H3,(H,27,29)(H,28,30). The number of ether oxygens (including phenoxy) is 1. The maximum absolute atomic E-state index is 12.7. The minimum atomic E-state index is -4.89. The summed E-state index contributed by atoms with van der Waals surface area (Å²) in [5.41, 5.74) is -0.403. The van der Waals surface area contributed by atoms with Gasteiger partial charge in [0, 0.05) is 14.1 Å². The van der Waals surface area contributed by atoms with Crippen molar-refractivity contribution >= 4 is 33.5 Å². The van der Waals surface area contributed by atoms with Gasteiger partial charge < -0.3 is 20.1 Å². The Balaban J connectivity index is 2.03. The van der Waals surface area contributed by atoms with Gasteiger partial charge in [0.2, 0.25) is 0 Å². The maximum atomic E-state index is 12.7. The lowest BCUT2D eigenvalue weighted by Crippen LogP contribution is -2.32. The number of halogens is 3. The van der Waals surface area contributed by atoms with Crippen LogP contribution in [0.25, 0.3) is 0 Å². The fourth-order valence-corrected chi connectivity index (χ4v) is 4.30. The predicted molar refractivity (Wildman–Crippen MR) is 132 cm³/mol. The van der Waals surface area contributed by atoms with Crippen molar-refractivity contribution in [2.75, 3.05) is 19.4 Å². The van der Waals surface area contributed by atoms with Crippen LogP contribution in [0.3, 0.4) is 0 Å². The second kappa shape index (κ2) is 9.92. The number of carbonyl (C=O) groups excluding carboxylic acids is 1. The van der Waals surface area contributed by atoms with Crippen LogP contribution in [0, 0.1) is 5.41 Å². The Labute approximate surface area is 212 Å². The van der Waals surface area contributed by atoms with Crippen LogP contribution in [0.2, 0.25) is 0 Å². The molecule has 1 aliphatic rings. The number of amidine groups is 2. The highest BCUT2D eigenvalue weighted by Crippen LogP contribution is 2.38. The van der Waals surface area contributed by atoms with Gasteiger partial charge in [-0.1, -0.05) is 39.0 Å². The lowest BCUT2D eigenvalue weighted by molar-refractivity contribution is -0.274. The number of aliphatic imine (C=N–C) groups is 1. The van der Waals surface area contributed by atoms with E-state index in [-0.39, 0.29) is 22.9 Å². The number of hydrogen-bond acceptors (Lipinski definition) is 7. The Morgan fingerprint density at radius 3 is 2.41 bits per heavy atom. The van der Waals surface area contributed by atoms with Crippen LogP contribution in [-0.4, -0.2) is 56.5 Å². The summed E-state index contributed by atoms with van der Waals surface area (Å²) in [4.78, 5) is 18.1. The first-order chi connectivity index (χ1) is 17.0. The van der Waals surface area contributed by atoms with Crippen molar-refractivity contribution in [3.05, 3.63) is 53.6 Å². The molecular weight excluding hydrogens is 515 g/mol. The first-order valence-electron chi connectivity index (χ1n) is 10.8. The van der Waals surface area contributed by atoms with E-state index < -0.39 is 45.4 Å². The fourth-order valence-electron chi connectivity index (χ4n) is 3.49. The number of anilines is 1. The largest absolute Gasteiger partial charge is 0.573 e. The third-order valence-electron chi connectivity index (χ3n) is 5.07. The molecule has 0 radical (unpaired) electrons.